The number of thioether (sulfide) groups is 1. The summed E-state index contributed by atoms with van der Waals surface area (Å²) in [6, 6.07) is 18.4. The largest absolute Gasteiger partial charge is 0.302 e. The van der Waals surface area contributed by atoms with Crippen LogP contribution in [0.25, 0.3) is 11.1 Å². The van der Waals surface area contributed by atoms with Crippen molar-refractivity contribution in [1.29, 1.82) is 0 Å². The minimum absolute atomic E-state index is 0.201. The fraction of sp³-hybridized carbons (Fsp3) is 0.133. The molecular weight excluding hydrogens is 242 g/mol. The van der Waals surface area contributed by atoms with E-state index in [9.17, 15) is 4.79 Å². The minimum Gasteiger partial charge on any atom is -0.302 e. The molecule has 1 aliphatic rings. The summed E-state index contributed by atoms with van der Waals surface area (Å²) in [5.41, 5.74) is 3.37. The van der Waals surface area contributed by atoms with Crippen molar-refractivity contribution in [1.82, 2.24) is 0 Å². The van der Waals surface area contributed by atoms with E-state index < -0.39 is 0 Å². The summed E-state index contributed by atoms with van der Waals surface area (Å²) in [6.45, 7) is 0. The number of anilines is 1. The first kappa shape index (κ1) is 11.4. The van der Waals surface area contributed by atoms with Gasteiger partial charge in [-0.25, -0.2) is 0 Å². The Morgan fingerprint density at radius 2 is 1.56 bits per heavy atom. The zero-order valence-electron chi connectivity index (χ0n) is 9.87. The highest BCUT2D eigenvalue weighted by molar-refractivity contribution is 8.00. The highest BCUT2D eigenvalue weighted by Crippen LogP contribution is 2.27. The van der Waals surface area contributed by atoms with Crippen LogP contribution in [0.5, 0.6) is 0 Å². The van der Waals surface area contributed by atoms with Crippen LogP contribution in [0.4, 0.5) is 5.69 Å². The molecule has 1 saturated heterocycles. The van der Waals surface area contributed by atoms with Crippen molar-refractivity contribution >= 4 is 23.4 Å². The molecule has 1 heterocycles. The van der Waals surface area contributed by atoms with E-state index in [2.05, 4.69) is 24.3 Å². The number of hydrogen-bond acceptors (Lipinski definition) is 2. The van der Waals surface area contributed by atoms with Crippen LogP contribution in [0.2, 0.25) is 0 Å². The molecule has 0 bridgehead atoms. The van der Waals surface area contributed by atoms with Crippen molar-refractivity contribution in [2.75, 3.05) is 16.5 Å². The Bertz CT molecular complexity index is 550. The molecule has 3 rings (SSSR count). The van der Waals surface area contributed by atoms with Gasteiger partial charge in [0.2, 0.25) is 5.91 Å². The van der Waals surface area contributed by atoms with Gasteiger partial charge < -0.3 is 4.90 Å². The van der Waals surface area contributed by atoms with Gasteiger partial charge in [0.15, 0.2) is 0 Å². The molecule has 0 radical (unpaired) electrons. The summed E-state index contributed by atoms with van der Waals surface area (Å²) in [7, 11) is 0. The van der Waals surface area contributed by atoms with E-state index in [1.165, 1.54) is 11.1 Å². The molecule has 2 aromatic carbocycles. The van der Waals surface area contributed by atoms with Crippen LogP contribution in [-0.4, -0.2) is 17.5 Å². The average Bonchev–Trinajstić information content (AvgIpc) is 2.86. The molecule has 0 atom stereocenters. The molecule has 1 aliphatic heterocycles. The van der Waals surface area contributed by atoms with Crippen LogP contribution >= 0.6 is 11.8 Å². The van der Waals surface area contributed by atoms with E-state index in [1.807, 2.05) is 35.2 Å². The lowest BCUT2D eigenvalue weighted by Gasteiger charge is -2.15. The highest BCUT2D eigenvalue weighted by Gasteiger charge is 2.21. The Morgan fingerprint density at radius 1 is 0.889 bits per heavy atom. The number of nitrogens with zero attached hydrogens (tertiary/aromatic N) is 1. The Balaban J connectivity index is 1.87. The molecule has 90 valence electrons. The predicted molar refractivity (Wildman–Crippen MR) is 76.7 cm³/mol. The Labute approximate surface area is 111 Å². The monoisotopic (exact) mass is 255 g/mol. The molecule has 1 amide bonds. The first-order valence-electron chi connectivity index (χ1n) is 5.88. The summed E-state index contributed by atoms with van der Waals surface area (Å²) >= 11 is 1.66. The molecule has 2 nitrogen and oxygen atoms in total. The average molecular weight is 255 g/mol. The Morgan fingerprint density at radius 3 is 2.17 bits per heavy atom. The SMILES string of the molecule is O=C1CSCN1c1ccc(-c2ccccc2)cc1. The summed E-state index contributed by atoms with van der Waals surface area (Å²) in [4.78, 5) is 13.5. The van der Waals surface area contributed by atoms with E-state index in [0.717, 1.165) is 11.6 Å². The first-order valence-corrected chi connectivity index (χ1v) is 7.04. The van der Waals surface area contributed by atoms with Crippen LogP contribution in [0.1, 0.15) is 0 Å². The van der Waals surface area contributed by atoms with Gasteiger partial charge in [0, 0.05) is 5.69 Å². The number of rotatable bonds is 2. The molecular formula is C15H13NOS. The van der Waals surface area contributed by atoms with Crippen molar-refractivity contribution in [3.05, 3.63) is 54.6 Å². The van der Waals surface area contributed by atoms with Crippen LogP contribution in [0, 0.1) is 0 Å². The molecule has 0 unspecified atom stereocenters. The number of benzene rings is 2. The lowest BCUT2D eigenvalue weighted by molar-refractivity contribution is -0.115. The Hall–Kier alpha value is -1.74. The number of carbonyl (C=O) groups excluding carboxylic acids is 1. The maximum absolute atomic E-state index is 11.6. The van der Waals surface area contributed by atoms with Gasteiger partial charge in [-0.1, -0.05) is 42.5 Å². The number of hydrogen-bond donors (Lipinski definition) is 0. The second kappa shape index (κ2) is 4.86. The third-order valence-electron chi connectivity index (χ3n) is 3.03. The van der Waals surface area contributed by atoms with E-state index in [1.54, 1.807) is 11.8 Å². The van der Waals surface area contributed by atoms with Gasteiger partial charge in [-0.05, 0) is 23.3 Å². The van der Waals surface area contributed by atoms with Crippen LogP contribution in [0.3, 0.4) is 0 Å². The van der Waals surface area contributed by atoms with E-state index >= 15 is 0 Å². The van der Waals surface area contributed by atoms with Crippen molar-refractivity contribution in [3.8, 4) is 11.1 Å². The molecule has 0 saturated carbocycles. The third-order valence-corrected chi connectivity index (χ3v) is 3.92. The van der Waals surface area contributed by atoms with Gasteiger partial charge in [0.1, 0.15) is 0 Å². The standard InChI is InChI=1S/C15H13NOS/c17-15-10-18-11-16(15)14-8-6-13(7-9-14)12-4-2-1-3-5-12/h1-9H,10-11H2. The minimum atomic E-state index is 0.201. The van der Waals surface area contributed by atoms with E-state index in [-0.39, 0.29) is 5.91 Å². The summed E-state index contributed by atoms with van der Waals surface area (Å²) in [5.74, 6) is 1.57. The smallest absolute Gasteiger partial charge is 0.237 e. The maximum Gasteiger partial charge on any atom is 0.237 e. The van der Waals surface area contributed by atoms with Gasteiger partial charge in [0.25, 0.3) is 0 Å². The number of carbonyl (C=O) groups is 1. The second-order valence-electron chi connectivity index (χ2n) is 4.21. The van der Waals surface area contributed by atoms with Crippen molar-refractivity contribution in [2.45, 2.75) is 0 Å². The van der Waals surface area contributed by atoms with Crippen molar-refractivity contribution in [3.63, 3.8) is 0 Å². The number of amides is 1. The normalized spacial score (nSPS) is 15.1. The second-order valence-corrected chi connectivity index (χ2v) is 5.17. The fourth-order valence-corrected chi connectivity index (χ4v) is 2.95. The Kier molecular flexibility index (Phi) is 3.07. The molecule has 1 fully saturated rings. The molecule has 0 aliphatic carbocycles. The third kappa shape index (κ3) is 2.14. The molecule has 3 heteroatoms. The van der Waals surface area contributed by atoms with Gasteiger partial charge in [-0.15, -0.1) is 11.8 Å². The lowest BCUT2D eigenvalue weighted by Crippen LogP contribution is -2.24. The summed E-state index contributed by atoms with van der Waals surface area (Å²) < 4.78 is 0. The fourth-order valence-electron chi connectivity index (χ4n) is 2.06. The lowest BCUT2D eigenvalue weighted by atomic mass is 10.1. The maximum atomic E-state index is 11.6. The molecule has 0 aromatic heterocycles. The van der Waals surface area contributed by atoms with Gasteiger partial charge >= 0.3 is 0 Å². The quantitative estimate of drug-likeness (QED) is 0.820. The molecule has 2 aromatic rings. The topological polar surface area (TPSA) is 20.3 Å². The molecule has 0 N–H and O–H groups in total. The van der Waals surface area contributed by atoms with Crippen LogP contribution < -0.4 is 4.90 Å². The van der Waals surface area contributed by atoms with Crippen LogP contribution in [0.15, 0.2) is 54.6 Å². The summed E-state index contributed by atoms with van der Waals surface area (Å²) in [6.07, 6.45) is 0. The van der Waals surface area contributed by atoms with Gasteiger partial charge in [-0.2, -0.15) is 0 Å². The van der Waals surface area contributed by atoms with E-state index in [4.69, 9.17) is 0 Å². The van der Waals surface area contributed by atoms with E-state index in [0.29, 0.717) is 5.75 Å². The van der Waals surface area contributed by atoms with Gasteiger partial charge in [-0.3, -0.25) is 4.79 Å². The van der Waals surface area contributed by atoms with Gasteiger partial charge in [0.05, 0.1) is 11.6 Å². The molecule has 0 spiro atoms. The zero-order chi connectivity index (χ0) is 12.4. The first-order chi connectivity index (χ1) is 8.84. The molecule has 18 heavy (non-hydrogen) atoms. The summed E-state index contributed by atoms with van der Waals surface area (Å²) in [5, 5.41) is 0. The highest BCUT2D eigenvalue weighted by atomic mass is 32.2. The predicted octanol–water partition coefficient (Wildman–Crippen LogP) is 3.39. The van der Waals surface area contributed by atoms with Crippen molar-refractivity contribution < 1.29 is 4.79 Å². The van der Waals surface area contributed by atoms with Crippen molar-refractivity contribution in [2.24, 2.45) is 0 Å². The zero-order valence-corrected chi connectivity index (χ0v) is 10.7. The van der Waals surface area contributed by atoms with Crippen LogP contribution in [-0.2, 0) is 4.79 Å².